The van der Waals surface area contributed by atoms with Gasteiger partial charge in [0.1, 0.15) is 5.82 Å². The number of anilines is 1. The maximum Gasteiger partial charge on any atom is 0.168 e. The molecule has 3 heterocycles. The minimum Gasteiger partial charge on any atom is -0.394 e. The molecule has 7 nitrogen and oxygen atoms in total. The lowest BCUT2D eigenvalue weighted by Crippen LogP contribution is -2.33. The van der Waals surface area contributed by atoms with Crippen LogP contribution in [0.15, 0.2) is 42.6 Å². The predicted octanol–water partition coefficient (Wildman–Crippen LogP) is 2.34. The van der Waals surface area contributed by atoms with Crippen LogP contribution in [-0.2, 0) is 12.0 Å². The van der Waals surface area contributed by atoms with Gasteiger partial charge in [-0.1, -0.05) is 24.3 Å². The summed E-state index contributed by atoms with van der Waals surface area (Å²) in [7, 11) is 0. The second-order valence-electron chi connectivity index (χ2n) is 8.12. The van der Waals surface area contributed by atoms with E-state index in [9.17, 15) is 15.0 Å². The third-order valence-corrected chi connectivity index (χ3v) is 5.53. The van der Waals surface area contributed by atoms with E-state index >= 15 is 0 Å². The lowest BCUT2D eigenvalue weighted by molar-refractivity contribution is 0.0784. The number of aliphatic hydroxyl groups is 2. The van der Waals surface area contributed by atoms with Gasteiger partial charge >= 0.3 is 0 Å². The fraction of sp³-hybridized carbons (Fsp3) is 0.409. The molecule has 29 heavy (non-hydrogen) atoms. The van der Waals surface area contributed by atoms with E-state index in [0.29, 0.717) is 16.9 Å². The Balaban J connectivity index is 1.62. The maximum atomic E-state index is 12.8. The van der Waals surface area contributed by atoms with Gasteiger partial charge in [-0.2, -0.15) is 9.61 Å². The number of rotatable bonds is 6. The van der Waals surface area contributed by atoms with Crippen molar-refractivity contribution in [3.63, 3.8) is 0 Å². The second-order valence-corrected chi connectivity index (χ2v) is 8.12. The standard InChI is InChI=1S/C22H26N4O3/c1-22(2,29)16-7-5-15(6-8-16)19(28)12-17-13-21(25-11-3-4-18(25)14-27)26-20(24-17)9-10-23-26/h5-10,13,18,27,29H,3-4,11-12,14H2,1-2H3/t18-/m0/s1. The highest BCUT2D eigenvalue weighted by Gasteiger charge is 2.27. The SMILES string of the molecule is CC(C)(O)c1ccc(C(=O)Cc2cc(N3CCC[C@H]3CO)n3nccc3n2)cc1. The third kappa shape index (κ3) is 3.88. The molecule has 0 bridgehead atoms. The maximum absolute atomic E-state index is 12.8. The van der Waals surface area contributed by atoms with Gasteiger partial charge in [0, 0.05) is 24.2 Å². The number of aliphatic hydroxyl groups excluding tert-OH is 1. The van der Waals surface area contributed by atoms with E-state index in [1.165, 1.54) is 0 Å². The number of ketones is 1. The van der Waals surface area contributed by atoms with Gasteiger partial charge in [0.05, 0.1) is 36.6 Å². The molecule has 152 valence electrons. The van der Waals surface area contributed by atoms with E-state index in [2.05, 4.69) is 15.0 Å². The van der Waals surface area contributed by atoms with Gasteiger partial charge in [0.15, 0.2) is 11.4 Å². The Morgan fingerprint density at radius 2 is 2.00 bits per heavy atom. The van der Waals surface area contributed by atoms with E-state index in [1.807, 2.05) is 12.1 Å². The zero-order valence-electron chi connectivity index (χ0n) is 16.7. The molecule has 0 aliphatic carbocycles. The molecular formula is C22H26N4O3. The van der Waals surface area contributed by atoms with Crippen molar-refractivity contribution in [1.29, 1.82) is 0 Å². The summed E-state index contributed by atoms with van der Waals surface area (Å²) < 4.78 is 1.76. The average molecular weight is 394 g/mol. The van der Waals surface area contributed by atoms with Gasteiger partial charge in [0.25, 0.3) is 0 Å². The minimum atomic E-state index is -0.940. The van der Waals surface area contributed by atoms with Crippen LogP contribution in [0.1, 0.15) is 48.3 Å². The van der Waals surface area contributed by atoms with E-state index in [-0.39, 0.29) is 24.9 Å². The molecule has 2 aromatic heterocycles. The van der Waals surface area contributed by atoms with Crippen molar-refractivity contribution in [2.45, 2.75) is 44.8 Å². The third-order valence-electron chi connectivity index (χ3n) is 5.53. The van der Waals surface area contributed by atoms with Crippen molar-refractivity contribution >= 4 is 17.2 Å². The van der Waals surface area contributed by atoms with Crippen molar-refractivity contribution in [3.05, 3.63) is 59.4 Å². The zero-order valence-corrected chi connectivity index (χ0v) is 16.7. The van der Waals surface area contributed by atoms with Gasteiger partial charge in [-0.05, 0) is 32.3 Å². The fourth-order valence-electron chi connectivity index (χ4n) is 3.90. The van der Waals surface area contributed by atoms with Crippen LogP contribution in [0.4, 0.5) is 5.82 Å². The van der Waals surface area contributed by atoms with Crippen LogP contribution in [0.2, 0.25) is 0 Å². The van der Waals surface area contributed by atoms with E-state index in [0.717, 1.165) is 30.8 Å². The second kappa shape index (κ2) is 7.57. The van der Waals surface area contributed by atoms with Crippen LogP contribution in [0.25, 0.3) is 5.65 Å². The molecule has 1 atom stereocenters. The van der Waals surface area contributed by atoms with E-state index in [1.54, 1.807) is 48.8 Å². The Kier molecular flexibility index (Phi) is 5.10. The van der Waals surface area contributed by atoms with Gasteiger partial charge < -0.3 is 15.1 Å². The molecule has 1 aliphatic heterocycles. The zero-order chi connectivity index (χ0) is 20.6. The molecule has 4 rings (SSSR count). The lowest BCUT2D eigenvalue weighted by atomic mass is 9.96. The number of carbonyl (C=O) groups excluding carboxylic acids is 1. The highest BCUT2D eigenvalue weighted by molar-refractivity contribution is 5.97. The summed E-state index contributed by atoms with van der Waals surface area (Å²) in [6, 6.07) is 10.8. The number of aromatic nitrogens is 3. The average Bonchev–Trinajstić information content (AvgIpc) is 3.35. The van der Waals surface area contributed by atoms with Crippen molar-refractivity contribution in [2.75, 3.05) is 18.1 Å². The summed E-state index contributed by atoms with van der Waals surface area (Å²) in [5.74, 6) is 0.825. The molecule has 0 saturated carbocycles. The van der Waals surface area contributed by atoms with Crippen molar-refractivity contribution < 1.29 is 15.0 Å². The van der Waals surface area contributed by atoms with Crippen molar-refractivity contribution in [2.24, 2.45) is 0 Å². The van der Waals surface area contributed by atoms with Crippen LogP contribution in [0.3, 0.4) is 0 Å². The molecule has 7 heteroatoms. The summed E-state index contributed by atoms with van der Waals surface area (Å²) in [6.45, 7) is 4.37. The summed E-state index contributed by atoms with van der Waals surface area (Å²) in [4.78, 5) is 19.6. The van der Waals surface area contributed by atoms with E-state index in [4.69, 9.17) is 0 Å². The lowest BCUT2D eigenvalue weighted by Gasteiger charge is -2.25. The predicted molar refractivity (Wildman–Crippen MR) is 110 cm³/mol. The van der Waals surface area contributed by atoms with E-state index < -0.39 is 5.60 Å². The Hall–Kier alpha value is -2.77. The van der Waals surface area contributed by atoms with Crippen LogP contribution >= 0.6 is 0 Å². The van der Waals surface area contributed by atoms with Crippen LogP contribution in [0, 0.1) is 0 Å². The first-order valence-electron chi connectivity index (χ1n) is 9.94. The highest BCUT2D eigenvalue weighted by atomic mass is 16.3. The molecule has 2 N–H and O–H groups in total. The monoisotopic (exact) mass is 394 g/mol. The topological polar surface area (TPSA) is 91.0 Å². The smallest absolute Gasteiger partial charge is 0.168 e. The van der Waals surface area contributed by atoms with Crippen LogP contribution in [0.5, 0.6) is 0 Å². The molecule has 1 aliphatic rings. The highest BCUT2D eigenvalue weighted by Crippen LogP contribution is 2.27. The summed E-state index contributed by atoms with van der Waals surface area (Å²) in [5.41, 5.74) is 1.77. The summed E-state index contributed by atoms with van der Waals surface area (Å²) in [5, 5.41) is 24.2. The van der Waals surface area contributed by atoms with Crippen molar-refractivity contribution in [3.8, 4) is 0 Å². The largest absolute Gasteiger partial charge is 0.394 e. The summed E-state index contributed by atoms with van der Waals surface area (Å²) in [6.07, 6.45) is 3.81. The molecule has 0 unspecified atom stereocenters. The molecule has 0 spiro atoms. The first-order chi connectivity index (χ1) is 13.9. The Bertz CT molecular complexity index is 1020. The fourth-order valence-corrected chi connectivity index (χ4v) is 3.90. The first-order valence-corrected chi connectivity index (χ1v) is 9.94. The number of benzene rings is 1. The quantitative estimate of drug-likeness (QED) is 0.624. The number of nitrogens with zero attached hydrogens (tertiary/aromatic N) is 4. The Labute approximate surface area is 169 Å². The van der Waals surface area contributed by atoms with Crippen LogP contribution < -0.4 is 4.90 Å². The van der Waals surface area contributed by atoms with Crippen LogP contribution in [-0.4, -0.2) is 49.8 Å². The molecule has 1 saturated heterocycles. The Morgan fingerprint density at radius 1 is 1.24 bits per heavy atom. The number of hydrogen-bond acceptors (Lipinski definition) is 6. The van der Waals surface area contributed by atoms with Gasteiger partial charge in [0.2, 0.25) is 0 Å². The van der Waals surface area contributed by atoms with Gasteiger partial charge in [-0.3, -0.25) is 4.79 Å². The number of carbonyl (C=O) groups is 1. The number of Topliss-reactive ketones (excluding diaryl/α,β-unsaturated/α-hetero) is 1. The molecular weight excluding hydrogens is 368 g/mol. The molecule has 0 amide bonds. The molecule has 0 radical (unpaired) electrons. The Morgan fingerprint density at radius 3 is 2.69 bits per heavy atom. The van der Waals surface area contributed by atoms with Gasteiger partial charge in [-0.15, -0.1) is 0 Å². The normalized spacial score (nSPS) is 17.2. The van der Waals surface area contributed by atoms with Gasteiger partial charge in [-0.25, -0.2) is 4.98 Å². The minimum absolute atomic E-state index is 0.0326. The molecule has 1 aromatic carbocycles. The number of hydrogen-bond donors (Lipinski definition) is 2. The van der Waals surface area contributed by atoms with Crippen molar-refractivity contribution in [1.82, 2.24) is 14.6 Å². The first kappa shape index (κ1) is 19.5. The molecule has 3 aromatic rings. The molecule has 1 fully saturated rings. The number of fused-ring (bicyclic) bond motifs is 1. The summed E-state index contributed by atoms with van der Waals surface area (Å²) >= 11 is 0.